The Bertz CT molecular complexity index is 492. The Balaban J connectivity index is 1.71. The number of aliphatic hydroxyl groups is 1. The SMILES string of the molecule is Cc1nn(C)c(C)c1CCNC(=O)NCC1(CO)CC1. The smallest absolute Gasteiger partial charge is 0.314 e. The van der Waals surface area contributed by atoms with E-state index in [0.29, 0.717) is 13.1 Å². The molecule has 6 heteroatoms. The van der Waals surface area contributed by atoms with Crippen LogP contribution in [0.4, 0.5) is 4.79 Å². The molecule has 1 heterocycles. The molecule has 6 nitrogen and oxygen atoms in total. The van der Waals surface area contributed by atoms with Crippen LogP contribution in [0.25, 0.3) is 0 Å². The summed E-state index contributed by atoms with van der Waals surface area (Å²) in [7, 11) is 1.93. The van der Waals surface area contributed by atoms with Crippen molar-refractivity contribution in [3.8, 4) is 0 Å². The van der Waals surface area contributed by atoms with E-state index in [1.807, 2.05) is 25.6 Å². The highest BCUT2D eigenvalue weighted by molar-refractivity contribution is 5.73. The predicted octanol–water partition coefficient (Wildman–Crippen LogP) is 0.651. The first kappa shape index (κ1) is 14.8. The van der Waals surface area contributed by atoms with Crippen molar-refractivity contribution in [3.63, 3.8) is 0 Å². The molecule has 112 valence electrons. The van der Waals surface area contributed by atoms with Crippen LogP contribution in [0.5, 0.6) is 0 Å². The van der Waals surface area contributed by atoms with Gasteiger partial charge in [-0.15, -0.1) is 0 Å². The van der Waals surface area contributed by atoms with Crippen LogP contribution in [-0.4, -0.2) is 40.6 Å². The summed E-state index contributed by atoms with van der Waals surface area (Å²) in [6, 6.07) is -0.163. The van der Waals surface area contributed by atoms with Gasteiger partial charge in [0.1, 0.15) is 0 Å². The van der Waals surface area contributed by atoms with Crippen molar-refractivity contribution in [1.82, 2.24) is 20.4 Å². The highest BCUT2D eigenvalue weighted by atomic mass is 16.3. The van der Waals surface area contributed by atoms with Crippen LogP contribution in [0, 0.1) is 19.3 Å². The maximum Gasteiger partial charge on any atom is 0.314 e. The third-order valence-corrected chi connectivity index (χ3v) is 4.24. The van der Waals surface area contributed by atoms with Crippen LogP contribution in [0.2, 0.25) is 0 Å². The van der Waals surface area contributed by atoms with E-state index < -0.39 is 0 Å². The first-order valence-corrected chi connectivity index (χ1v) is 7.09. The lowest BCUT2D eigenvalue weighted by atomic mass is 10.1. The van der Waals surface area contributed by atoms with E-state index in [4.69, 9.17) is 0 Å². The van der Waals surface area contributed by atoms with Gasteiger partial charge in [-0.2, -0.15) is 5.10 Å². The van der Waals surface area contributed by atoms with Crippen molar-refractivity contribution in [3.05, 3.63) is 17.0 Å². The molecule has 0 atom stereocenters. The van der Waals surface area contributed by atoms with Crippen molar-refractivity contribution >= 4 is 6.03 Å². The lowest BCUT2D eigenvalue weighted by Crippen LogP contribution is -2.40. The molecule has 20 heavy (non-hydrogen) atoms. The Labute approximate surface area is 119 Å². The van der Waals surface area contributed by atoms with E-state index in [-0.39, 0.29) is 18.1 Å². The predicted molar refractivity (Wildman–Crippen MR) is 76.5 cm³/mol. The number of hydrogen-bond acceptors (Lipinski definition) is 3. The summed E-state index contributed by atoms with van der Waals surface area (Å²) in [6.07, 6.45) is 2.78. The van der Waals surface area contributed by atoms with Crippen molar-refractivity contribution in [2.24, 2.45) is 12.5 Å². The maximum atomic E-state index is 11.7. The normalized spacial score (nSPS) is 16.0. The van der Waals surface area contributed by atoms with Gasteiger partial charge < -0.3 is 15.7 Å². The summed E-state index contributed by atoms with van der Waals surface area (Å²) >= 11 is 0. The highest BCUT2D eigenvalue weighted by Crippen LogP contribution is 2.44. The molecule has 1 aliphatic rings. The number of carbonyl (C=O) groups excluding carboxylic acids is 1. The third kappa shape index (κ3) is 3.30. The zero-order valence-corrected chi connectivity index (χ0v) is 12.5. The van der Waals surface area contributed by atoms with E-state index in [9.17, 15) is 9.90 Å². The van der Waals surface area contributed by atoms with Crippen molar-refractivity contribution in [2.75, 3.05) is 19.7 Å². The fourth-order valence-electron chi connectivity index (χ4n) is 2.38. The molecule has 2 rings (SSSR count). The highest BCUT2D eigenvalue weighted by Gasteiger charge is 2.42. The minimum Gasteiger partial charge on any atom is -0.396 e. The number of rotatable bonds is 6. The molecule has 0 unspecified atom stereocenters. The largest absolute Gasteiger partial charge is 0.396 e. The summed E-state index contributed by atoms with van der Waals surface area (Å²) in [5, 5.41) is 19.2. The first-order valence-electron chi connectivity index (χ1n) is 7.09. The molecule has 1 saturated carbocycles. The molecule has 0 radical (unpaired) electrons. The minimum atomic E-state index is -0.163. The maximum absolute atomic E-state index is 11.7. The molecule has 0 bridgehead atoms. The van der Waals surface area contributed by atoms with Gasteiger partial charge in [0.2, 0.25) is 0 Å². The molecule has 2 amide bonds. The number of nitrogens with zero attached hydrogens (tertiary/aromatic N) is 2. The van der Waals surface area contributed by atoms with E-state index in [0.717, 1.165) is 30.7 Å². The van der Waals surface area contributed by atoms with E-state index in [1.165, 1.54) is 5.56 Å². The van der Waals surface area contributed by atoms with Crippen LogP contribution in [0.15, 0.2) is 0 Å². The lowest BCUT2D eigenvalue weighted by Gasteiger charge is -2.13. The number of amides is 2. The Morgan fingerprint density at radius 1 is 1.40 bits per heavy atom. The molecule has 1 aliphatic carbocycles. The van der Waals surface area contributed by atoms with Gasteiger partial charge in [-0.3, -0.25) is 4.68 Å². The minimum absolute atomic E-state index is 0.0478. The summed E-state index contributed by atoms with van der Waals surface area (Å²) in [4.78, 5) is 11.7. The monoisotopic (exact) mass is 280 g/mol. The Morgan fingerprint density at radius 2 is 2.10 bits per heavy atom. The molecule has 0 spiro atoms. The lowest BCUT2D eigenvalue weighted by molar-refractivity contribution is 0.203. The van der Waals surface area contributed by atoms with E-state index >= 15 is 0 Å². The number of carbonyl (C=O) groups is 1. The molecule has 0 aliphatic heterocycles. The summed E-state index contributed by atoms with van der Waals surface area (Å²) in [6.45, 7) is 5.32. The van der Waals surface area contributed by atoms with Crippen LogP contribution < -0.4 is 10.6 Å². The van der Waals surface area contributed by atoms with Crippen LogP contribution in [0.3, 0.4) is 0 Å². The van der Waals surface area contributed by atoms with Gasteiger partial charge >= 0.3 is 6.03 Å². The van der Waals surface area contributed by atoms with Gasteiger partial charge in [-0.25, -0.2) is 4.79 Å². The molecular formula is C14H24N4O2. The summed E-state index contributed by atoms with van der Waals surface area (Å²) in [5.74, 6) is 0. The second kappa shape index (κ2) is 5.83. The van der Waals surface area contributed by atoms with Crippen LogP contribution in [-0.2, 0) is 13.5 Å². The molecule has 0 aromatic carbocycles. The second-order valence-electron chi connectivity index (χ2n) is 5.79. The molecule has 1 aromatic heterocycles. The Morgan fingerprint density at radius 3 is 2.60 bits per heavy atom. The zero-order chi connectivity index (χ0) is 14.8. The van der Waals surface area contributed by atoms with Crippen molar-refractivity contribution in [1.29, 1.82) is 0 Å². The van der Waals surface area contributed by atoms with E-state index in [1.54, 1.807) is 0 Å². The molecule has 1 fully saturated rings. The fraction of sp³-hybridized carbons (Fsp3) is 0.714. The van der Waals surface area contributed by atoms with E-state index in [2.05, 4.69) is 15.7 Å². The fourth-order valence-corrected chi connectivity index (χ4v) is 2.38. The number of aryl methyl sites for hydroxylation is 2. The first-order chi connectivity index (χ1) is 9.47. The summed E-state index contributed by atoms with van der Waals surface area (Å²) in [5.41, 5.74) is 3.31. The molecule has 0 saturated heterocycles. The van der Waals surface area contributed by atoms with Crippen molar-refractivity contribution < 1.29 is 9.90 Å². The molecular weight excluding hydrogens is 256 g/mol. The number of hydrogen-bond donors (Lipinski definition) is 3. The molecule has 1 aromatic rings. The number of nitrogens with one attached hydrogen (secondary N) is 2. The second-order valence-corrected chi connectivity index (χ2v) is 5.79. The van der Waals surface area contributed by atoms with Gasteiger partial charge in [0.25, 0.3) is 0 Å². The number of aliphatic hydroxyl groups excluding tert-OH is 1. The quantitative estimate of drug-likeness (QED) is 0.716. The van der Waals surface area contributed by atoms with Gasteiger partial charge in [0, 0.05) is 31.2 Å². The Hall–Kier alpha value is -1.56. The Kier molecular flexibility index (Phi) is 4.32. The number of urea groups is 1. The van der Waals surface area contributed by atoms with Gasteiger partial charge in [-0.05, 0) is 38.7 Å². The number of aromatic nitrogens is 2. The van der Waals surface area contributed by atoms with Gasteiger partial charge in [-0.1, -0.05) is 0 Å². The van der Waals surface area contributed by atoms with Crippen LogP contribution >= 0.6 is 0 Å². The topological polar surface area (TPSA) is 79.2 Å². The van der Waals surface area contributed by atoms with Crippen molar-refractivity contribution in [2.45, 2.75) is 33.1 Å². The van der Waals surface area contributed by atoms with Gasteiger partial charge in [0.05, 0.1) is 12.3 Å². The standard InChI is InChI=1S/C14H24N4O2/c1-10-12(11(2)18(3)17-10)4-7-15-13(20)16-8-14(9-19)5-6-14/h19H,4-9H2,1-3H3,(H2,15,16,20). The zero-order valence-electron chi connectivity index (χ0n) is 12.5. The average molecular weight is 280 g/mol. The summed E-state index contributed by atoms with van der Waals surface area (Å²) < 4.78 is 1.86. The molecule has 3 N–H and O–H groups in total. The van der Waals surface area contributed by atoms with Crippen LogP contribution in [0.1, 0.15) is 29.8 Å². The van der Waals surface area contributed by atoms with Gasteiger partial charge in [0.15, 0.2) is 0 Å². The average Bonchev–Trinajstić information content (AvgIpc) is 3.16. The third-order valence-electron chi connectivity index (χ3n) is 4.24.